The smallest absolute Gasteiger partial charge is 0.335 e. The van der Waals surface area contributed by atoms with Crippen molar-refractivity contribution >= 4 is 17.6 Å². The van der Waals surface area contributed by atoms with E-state index in [0.717, 1.165) is 31.5 Å². The van der Waals surface area contributed by atoms with Crippen LogP contribution in [0.4, 0.5) is 5.69 Å². The molecule has 1 aliphatic rings. The maximum atomic E-state index is 12.4. The first-order valence-electron chi connectivity index (χ1n) is 6.78. The van der Waals surface area contributed by atoms with E-state index in [1.165, 1.54) is 6.07 Å². The number of carboxylic acids is 1. The molecule has 0 aromatic heterocycles. The maximum absolute atomic E-state index is 12.4. The van der Waals surface area contributed by atoms with Crippen molar-refractivity contribution in [1.29, 1.82) is 0 Å². The standard InChI is InChI=1S/C15H20N2O3/c1-10-9-11(13(18)19)3-4-12(10)17-14(20)15(2)5-7-16-8-6-15/h3-4,9,16H,5-8H2,1-2H3,(H,17,20)(H,18,19). The molecule has 0 aliphatic carbocycles. The minimum atomic E-state index is -0.962. The van der Waals surface area contributed by atoms with E-state index in [1.807, 2.05) is 6.92 Å². The first-order chi connectivity index (χ1) is 9.42. The van der Waals surface area contributed by atoms with E-state index >= 15 is 0 Å². The number of aryl methyl sites for hydroxylation is 1. The summed E-state index contributed by atoms with van der Waals surface area (Å²) in [5, 5.41) is 15.1. The maximum Gasteiger partial charge on any atom is 0.335 e. The van der Waals surface area contributed by atoms with Crippen LogP contribution in [0.3, 0.4) is 0 Å². The van der Waals surface area contributed by atoms with E-state index < -0.39 is 5.97 Å². The van der Waals surface area contributed by atoms with Gasteiger partial charge < -0.3 is 15.7 Å². The zero-order valence-electron chi connectivity index (χ0n) is 11.8. The fraction of sp³-hybridized carbons (Fsp3) is 0.467. The highest BCUT2D eigenvalue weighted by molar-refractivity contribution is 5.96. The Morgan fingerprint density at radius 2 is 1.95 bits per heavy atom. The number of carbonyl (C=O) groups excluding carboxylic acids is 1. The van der Waals surface area contributed by atoms with Gasteiger partial charge in [-0.05, 0) is 56.6 Å². The number of carbonyl (C=O) groups is 2. The third-order valence-corrected chi connectivity index (χ3v) is 3.98. The second-order valence-corrected chi connectivity index (χ2v) is 5.60. The van der Waals surface area contributed by atoms with Gasteiger partial charge in [-0.3, -0.25) is 4.79 Å². The Balaban J connectivity index is 2.13. The summed E-state index contributed by atoms with van der Waals surface area (Å²) in [6, 6.07) is 4.74. The van der Waals surface area contributed by atoms with Crippen molar-refractivity contribution in [1.82, 2.24) is 5.32 Å². The second-order valence-electron chi connectivity index (χ2n) is 5.60. The number of hydrogen-bond donors (Lipinski definition) is 3. The molecule has 20 heavy (non-hydrogen) atoms. The Bertz CT molecular complexity index is 534. The van der Waals surface area contributed by atoms with Gasteiger partial charge in [-0.25, -0.2) is 4.79 Å². The number of nitrogens with one attached hydrogen (secondary N) is 2. The van der Waals surface area contributed by atoms with Crippen LogP contribution in [0.5, 0.6) is 0 Å². The lowest BCUT2D eigenvalue weighted by molar-refractivity contribution is -0.126. The van der Waals surface area contributed by atoms with Gasteiger partial charge in [0.15, 0.2) is 0 Å². The van der Waals surface area contributed by atoms with Crippen molar-refractivity contribution in [2.24, 2.45) is 5.41 Å². The van der Waals surface area contributed by atoms with Crippen molar-refractivity contribution < 1.29 is 14.7 Å². The molecule has 0 bridgehead atoms. The molecule has 0 radical (unpaired) electrons. The number of carboxylic acid groups (broad SMARTS) is 1. The van der Waals surface area contributed by atoms with Crippen LogP contribution >= 0.6 is 0 Å². The average molecular weight is 276 g/mol. The summed E-state index contributed by atoms with van der Waals surface area (Å²) in [6.45, 7) is 5.47. The fourth-order valence-corrected chi connectivity index (χ4v) is 2.42. The van der Waals surface area contributed by atoms with Crippen LogP contribution in [0.2, 0.25) is 0 Å². The lowest BCUT2D eigenvalue weighted by Gasteiger charge is -2.32. The van der Waals surface area contributed by atoms with Gasteiger partial charge in [0.1, 0.15) is 0 Å². The highest BCUT2D eigenvalue weighted by Crippen LogP contribution is 2.30. The first kappa shape index (κ1) is 14.5. The zero-order chi connectivity index (χ0) is 14.8. The summed E-state index contributed by atoms with van der Waals surface area (Å²) in [6.07, 6.45) is 1.62. The second kappa shape index (κ2) is 5.63. The number of aromatic carboxylic acids is 1. The van der Waals surface area contributed by atoms with E-state index in [9.17, 15) is 9.59 Å². The van der Waals surface area contributed by atoms with Crippen LogP contribution in [-0.2, 0) is 4.79 Å². The summed E-state index contributed by atoms with van der Waals surface area (Å²) < 4.78 is 0. The Hall–Kier alpha value is -1.88. The number of hydrogen-bond acceptors (Lipinski definition) is 3. The topological polar surface area (TPSA) is 78.4 Å². The van der Waals surface area contributed by atoms with Crippen molar-refractivity contribution in [2.45, 2.75) is 26.7 Å². The largest absolute Gasteiger partial charge is 0.478 e. The molecule has 1 aliphatic heterocycles. The summed E-state index contributed by atoms with van der Waals surface area (Å²) in [5.41, 5.74) is 1.31. The molecule has 2 rings (SSSR count). The number of rotatable bonds is 3. The van der Waals surface area contributed by atoms with Crippen LogP contribution in [0.1, 0.15) is 35.7 Å². The molecule has 1 amide bonds. The molecule has 1 aromatic rings. The van der Waals surface area contributed by atoms with Crippen LogP contribution in [-0.4, -0.2) is 30.1 Å². The van der Waals surface area contributed by atoms with Crippen molar-refractivity contribution in [2.75, 3.05) is 18.4 Å². The van der Waals surface area contributed by atoms with Gasteiger partial charge in [-0.15, -0.1) is 0 Å². The fourth-order valence-electron chi connectivity index (χ4n) is 2.42. The molecular formula is C15H20N2O3. The zero-order valence-corrected chi connectivity index (χ0v) is 11.8. The van der Waals surface area contributed by atoms with E-state index in [1.54, 1.807) is 19.1 Å². The first-order valence-corrected chi connectivity index (χ1v) is 6.78. The lowest BCUT2D eigenvalue weighted by atomic mass is 9.80. The predicted molar refractivity (Wildman–Crippen MR) is 77.0 cm³/mol. The minimum Gasteiger partial charge on any atom is -0.478 e. The van der Waals surface area contributed by atoms with Crippen molar-refractivity contribution in [3.05, 3.63) is 29.3 Å². The molecule has 1 aromatic carbocycles. The lowest BCUT2D eigenvalue weighted by Crippen LogP contribution is -2.42. The number of amides is 1. The average Bonchev–Trinajstić information content (AvgIpc) is 2.41. The molecule has 1 heterocycles. The van der Waals surface area contributed by atoms with Gasteiger partial charge in [0.2, 0.25) is 5.91 Å². The molecule has 108 valence electrons. The van der Waals surface area contributed by atoms with Crippen molar-refractivity contribution in [3.8, 4) is 0 Å². The summed E-state index contributed by atoms with van der Waals surface area (Å²) in [5.74, 6) is -0.957. The number of benzene rings is 1. The Labute approximate surface area is 118 Å². The van der Waals surface area contributed by atoms with Gasteiger partial charge in [-0.2, -0.15) is 0 Å². The monoisotopic (exact) mass is 276 g/mol. The highest BCUT2D eigenvalue weighted by Gasteiger charge is 2.34. The molecule has 1 fully saturated rings. The molecule has 5 heteroatoms. The Kier molecular flexibility index (Phi) is 4.09. The van der Waals surface area contributed by atoms with Crippen LogP contribution in [0.15, 0.2) is 18.2 Å². The van der Waals surface area contributed by atoms with E-state index in [-0.39, 0.29) is 16.9 Å². The molecule has 3 N–H and O–H groups in total. The van der Waals surface area contributed by atoms with Crippen molar-refractivity contribution in [3.63, 3.8) is 0 Å². The highest BCUT2D eigenvalue weighted by atomic mass is 16.4. The quantitative estimate of drug-likeness (QED) is 0.789. The molecular weight excluding hydrogens is 256 g/mol. The van der Waals surface area contributed by atoms with Gasteiger partial charge in [0.05, 0.1) is 5.56 Å². The molecule has 5 nitrogen and oxygen atoms in total. The Morgan fingerprint density at radius 1 is 1.30 bits per heavy atom. The Morgan fingerprint density at radius 3 is 2.50 bits per heavy atom. The van der Waals surface area contributed by atoms with Gasteiger partial charge >= 0.3 is 5.97 Å². The van der Waals surface area contributed by atoms with Crippen LogP contribution in [0, 0.1) is 12.3 Å². The third kappa shape index (κ3) is 2.99. The molecule has 0 saturated carbocycles. The number of piperidine rings is 1. The molecule has 0 spiro atoms. The van der Waals surface area contributed by atoms with E-state index in [4.69, 9.17) is 5.11 Å². The summed E-state index contributed by atoms with van der Waals surface area (Å²) in [4.78, 5) is 23.3. The normalized spacial score (nSPS) is 17.5. The molecule has 0 unspecified atom stereocenters. The molecule has 1 saturated heterocycles. The van der Waals surface area contributed by atoms with Gasteiger partial charge in [-0.1, -0.05) is 6.92 Å². The predicted octanol–water partition coefficient (Wildman–Crippen LogP) is 2.02. The minimum absolute atomic E-state index is 0.00479. The van der Waals surface area contributed by atoms with Crippen LogP contribution < -0.4 is 10.6 Å². The van der Waals surface area contributed by atoms with E-state index in [2.05, 4.69) is 10.6 Å². The number of anilines is 1. The summed E-state index contributed by atoms with van der Waals surface area (Å²) >= 11 is 0. The van der Waals surface area contributed by atoms with Crippen LogP contribution in [0.25, 0.3) is 0 Å². The summed E-state index contributed by atoms with van der Waals surface area (Å²) in [7, 11) is 0. The molecule has 0 atom stereocenters. The van der Waals surface area contributed by atoms with E-state index in [0.29, 0.717) is 5.69 Å². The SMILES string of the molecule is Cc1cc(C(=O)O)ccc1NC(=O)C1(C)CCNCC1. The van der Waals surface area contributed by atoms with Gasteiger partial charge in [0.25, 0.3) is 0 Å². The van der Waals surface area contributed by atoms with Gasteiger partial charge in [0, 0.05) is 11.1 Å². The third-order valence-electron chi connectivity index (χ3n) is 3.98.